The van der Waals surface area contributed by atoms with Crippen LogP contribution in [0.5, 0.6) is 0 Å². The zero-order chi connectivity index (χ0) is 23.2. The smallest absolute Gasteiger partial charge is 0.328 e. The highest BCUT2D eigenvalue weighted by Crippen LogP contribution is 2.59. The van der Waals surface area contributed by atoms with Gasteiger partial charge in [0.25, 0.3) is 5.79 Å². The van der Waals surface area contributed by atoms with Gasteiger partial charge in [-0.05, 0) is 48.2 Å². The first-order valence-corrected chi connectivity index (χ1v) is 12.9. The summed E-state index contributed by atoms with van der Waals surface area (Å²) in [7, 11) is 0. The molecule has 2 aromatic rings. The second-order valence-corrected chi connectivity index (χ2v) is 11.1. The lowest BCUT2D eigenvalue weighted by Crippen LogP contribution is -2.62. The first-order chi connectivity index (χ1) is 15.8. The van der Waals surface area contributed by atoms with Gasteiger partial charge < -0.3 is 9.47 Å². The van der Waals surface area contributed by atoms with E-state index in [2.05, 4.69) is 31.9 Å². The van der Waals surface area contributed by atoms with E-state index < -0.39 is 35.0 Å². The van der Waals surface area contributed by atoms with Crippen LogP contribution >= 0.6 is 31.9 Å². The molecule has 5 rings (SSSR count). The van der Waals surface area contributed by atoms with Crippen LogP contribution < -0.4 is 0 Å². The number of hydrogen-bond acceptors (Lipinski definition) is 5. The van der Waals surface area contributed by atoms with Crippen molar-refractivity contribution in [3.05, 3.63) is 68.6 Å². The fourth-order valence-corrected chi connectivity index (χ4v) is 6.62. The van der Waals surface area contributed by atoms with Crippen molar-refractivity contribution < 1.29 is 23.9 Å². The molecule has 0 bridgehead atoms. The fraction of sp³-hybridized carbons (Fsp3) is 0.423. The second kappa shape index (κ2) is 8.66. The van der Waals surface area contributed by atoms with Gasteiger partial charge in [-0.1, -0.05) is 62.5 Å². The number of rotatable bonds is 2. The Balaban J connectivity index is 1.69. The van der Waals surface area contributed by atoms with Crippen molar-refractivity contribution in [2.24, 2.45) is 5.41 Å². The van der Waals surface area contributed by atoms with Gasteiger partial charge in [0.15, 0.2) is 5.41 Å². The van der Waals surface area contributed by atoms with Crippen molar-refractivity contribution in [1.29, 1.82) is 0 Å². The van der Waals surface area contributed by atoms with Gasteiger partial charge in [-0.25, -0.2) is 0 Å². The van der Waals surface area contributed by atoms with Gasteiger partial charge in [0.05, 0.1) is 0 Å². The van der Waals surface area contributed by atoms with Crippen LogP contribution in [0.2, 0.25) is 0 Å². The highest BCUT2D eigenvalue weighted by atomic mass is 79.9. The fourth-order valence-electron chi connectivity index (χ4n) is 5.79. The average Bonchev–Trinajstić information content (AvgIpc) is 2.78. The van der Waals surface area contributed by atoms with Crippen LogP contribution in [-0.2, 0) is 23.9 Å². The van der Waals surface area contributed by atoms with Crippen LogP contribution in [0.1, 0.15) is 67.9 Å². The average molecular weight is 576 g/mol. The molecule has 0 N–H and O–H groups in total. The number of halogens is 2. The molecule has 2 atom stereocenters. The van der Waals surface area contributed by atoms with Gasteiger partial charge in [-0.15, -0.1) is 0 Å². The summed E-state index contributed by atoms with van der Waals surface area (Å²) in [6, 6.07) is 14.9. The minimum Gasteiger partial charge on any atom is -0.422 e. The summed E-state index contributed by atoms with van der Waals surface area (Å²) in [5, 5.41) is 0. The van der Waals surface area contributed by atoms with E-state index in [9.17, 15) is 14.4 Å². The van der Waals surface area contributed by atoms with E-state index in [0.717, 1.165) is 39.3 Å². The van der Waals surface area contributed by atoms with Crippen LogP contribution in [0, 0.1) is 5.41 Å². The Morgan fingerprint density at radius 2 is 1.21 bits per heavy atom. The van der Waals surface area contributed by atoms with E-state index >= 15 is 0 Å². The number of ether oxygens (including phenoxy) is 2. The molecule has 7 heteroatoms. The first kappa shape index (κ1) is 22.8. The van der Waals surface area contributed by atoms with E-state index in [1.54, 1.807) is 0 Å². The lowest BCUT2D eigenvalue weighted by atomic mass is 9.55. The standard InChI is InChI=1S/C26H24Br2O5/c27-18-8-4-6-16(12-18)21-14-20(29)15-22(17-7-5-9-19(28)13-17)26(21)23(30)32-25(33-24(26)31)10-2-1-3-11-25/h4-9,12-13,21-22H,1-3,10-11,14-15H2/t21-,22+. The third-order valence-corrected chi connectivity index (χ3v) is 8.30. The molecule has 0 unspecified atom stereocenters. The summed E-state index contributed by atoms with van der Waals surface area (Å²) < 4.78 is 13.7. The molecule has 33 heavy (non-hydrogen) atoms. The van der Waals surface area contributed by atoms with Crippen molar-refractivity contribution in [3.8, 4) is 0 Å². The predicted molar refractivity (Wildman–Crippen MR) is 128 cm³/mol. The van der Waals surface area contributed by atoms with Crippen molar-refractivity contribution in [3.63, 3.8) is 0 Å². The Bertz CT molecular complexity index is 1040. The molecule has 3 fully saturated rings. The van der Waals surface area contributed by atoms with Crippen LogP contribution in [-0.4, -0.2) is 23.5 Å². The molecule has 3 aliphatic rings. The topological polar surface area (TPSA) is 69.7 Å². The molecule has 0 amide bonds. The van der Waals surface area contributed by atoms with E-state index in [4.69, 9.17) is 9.47 Å². The number of Topliss-reactive ketones (excluding diaryl/α,β-unsaturated/α-hetero) is 1. The quantitative estimate of drug-likeness (QED) is 0.315. The van der Waals surface area contributed by atoms with Crippen molar-refractivity contribution in [2.45, 2.75) is 62.6 Å². The summed E-state index contributed by atoms with van der Waals surface area (Å²) in [5.74, 6) is -3.66. The Morgan fingerprint density at radius 1 is 0.727 bits per heavy atom. The van der Waals surface area contributed by atoms with Crippen molar-refractivity contribution in [2.75, 3.05) is 0 Å². The molecule has 0 radical (unpaired) electrons. The molecule has 172 valence electrons. The molecule has 1 heterocycles. The molecule has 2 aromatic carbocycles. The first-order valence-electron chi connectivity index (χ1n) is 11.3. The van der Waals surface area contributed by atoms with Gasteiger partial charge in [0.2, 0.25) is 0 Å². The van der Waals surface area contributed by atoms with Crippen LogP contribution in [0.3, 0.4) is 0 Å². The summed E-state index contributed by atoms with van der Waals surface area (Å²) in [5.41, 5.74) is -0.144. The minimum atomic E-state index is -1.63. The summed E-state index contributed by atoms with van der Waals surface area (Å²) in [6.07, 6.45) is 3.91. The lowest BCUT2D eigenvalue weighted by Gasteiger charge is -2.52. The highest BCUT2D eigenvalue weighted by molar-refractivity contribution is 9.10. The van der Waals surface area contributed by atoms with Crippen LogP contribution in [0.4, 0.5) is 0 Å². The Labute approximate surface area is 209 Å². The molecule has 2 saturated carbocycles. The van der Waals surface area contributed by atoms with Gasteiger partial charge in [-0.2, -0.15) is 0 Å². The largest absolute Gasteiger partial charge is 0.422 e. The summed E-state index contributed by atoms with van der Waals surface area (Å²) in [6.45, 7) is 0. The van der Waals surface area contributed by atoms with E-state index in [1.165, 1.54) is 0 Å². The van der Waals surface area contributed by atoms with Crippen LogP contribution in [0.25, 0.3) is 0 Å². The highest BCUT2D eigenvalue weighted by Gasteiger charge is 2.68. The number of hydrogen-bond donors (Lipinski definition) is 0. The summed E-state index contributed by atoms with van der Waals surface area (Å²) >= 11 is 6.98. The third kappa shape index (κ3) is 3.87. The van der Waals surface area contributed by atoms with E-state index in [0.29, 0.717) is 12.8 Å². The molecule has 5 nitrogen and oxygen atoms in total. The zero-order valence-corrected chi connectivity index (χ0v) is 21.2. The zero-order valence-electron chi connectivity index (χ0n) is 18.0. The van der Waals surface area contributed by atoms with Crippen LogP contribution in [0.15, 0.2) is 57.5 Å². The maximum atomic E-state index is 14.0. The second-order valence-electron chi connectivity index (χ2n) is 9.28. The molecule has 0 aromatic heterocycles. The van der Waals surface area contributed by atoms with Gasteiger partial charge in [-0.3, -0.25) is 14.4 Å². The third-order valence-electron chi connectivity index (χ3n) is 7.31. The summed E-state index contributed by atoms with van der Waals surface area (Å²) in [4.78, 5) is 41.1. The maximum absolute atomic E-state index is 14.0. The Morgan fingerprint density at radius 3 is 1.67 bits per heavy atom. The normalized spacial score (nSPS) is 26.2. The number of carbonyl (C=O) groups is 3. The maximum Gasteiger partial charge on any atom is 0.328 e. The lowest BCUT2D eigenvalue weighted by molar-refractivity contribution is -0.275. The molecule has 2 aliphatic carbocycles. The predicted octanol–water partition coefficient (Wildman–Crippen LogP) is 6.19. The van der Waals surface area contributed by atoms with E-state index in [-0.39, 0.29) is 18.6 Å². The number of ketones is 1. The number of carbonyl (C=O) groups excluding carboxylic acids is 3. The van der Waals surface area contributed by atoms with E-state index in [1.807, 2.05) is 48.5 Å². The molecule has 2 spiro atoms. The number of benzene rings is 2. The van der Waals surface area contributed by atoms with Gasteiger partial charge >= 0.3 is 11.9 Å². The molecule has 1 aliphatic heterocycles. The minimum absolute atomic E-state index is 0.00845. The molecular formula is C26H24Br2O5. The van der Waals surface area contributed by atoms with Crippen molar-refractivity contribution >= 4 is 49.6 Å². The number of esters is 2. The molecule has 1 saturated heterocycles. The van der Waals surface area contributed by atoms with Gasteiger partial charge in [0, 0.05) is 46.5 Å². The van der Waals surface area contributed by atoms with Crippen molar-refractivity contribution in [1.82, 2.24) is 0 Å². The molecular weight excluding hydrogens is 552 g/mol. The Hall–Kier alpha value is -1.99. The Kier molecular flexibility index (Phi) is 5.98. The SMILES string of the molecule is O=C1C[C@H](c2cccc(Br)c2)C2(C(=O)OC3(CCCCC3)OC2=O)[C@H](c2cccc(Br)c2)C1. The monoisotopic (exact) mass is 574 g/mol. The van der Waals surface area contributed by atoms with Gasteiger partial charge in [0.1, 0.15) is 5.78 Å².